The molecule has 2 aromatic heterocycles. The van der Waals surface area contributed by atoms with Gasteiger partial charge in [0, 0.05) is 39.7 Å². The molecule has 5 rings (SSSR count). The minimum atomic E-state index is -4.38. The summed E-state index contributed by atoms with van der Waals surface area (Å²) in [5.41, 5.74) is 3.16. The maximum atomic E-state index is 14.1. The molecule has 4 aromatic rings. The van der Waals surface area contributed by atoms with Gasteiger partial charge in [-0.15, -0.1) is 11.3 Å². The first-order valence-electron chi connectivity index (χ1n) is 10.3. The number of aromatic nitrogens is 1. The minimum Gasteiger partial charge on any atom is -0.480 e. The lowest BCUT2D eigenvalue weighted by atomic mass is 10.1. The highest BCUT2D eigenvalue weighted by Gasteiger charge is 2.23. The van der Waals surface area contributed by atoms with E-state index in [1.165, 1.54) is 30.7 Å². The summed E-state index contributed by atoms with van der Waals surface area (Å²) in [4.78, 5) is 17.0. The second-order valence-electron chi connectivity index (χ2n) is 7.68. The highest BCUT2D eigenvalue weighted by atomic mass is 32.2. The van der Waals surface area contributed by atoms with Crippen LogP contribution in [0, 0.1) is 11.6 Å². The molecule has 0 saturated heterocycles. The first kappa shape index (κ1) is 22.9. The van der Waals surface area contributed by atoms with Gasteiger partial charge in [0.25, 0.3) is 15.9 Å². The molecule has 0 saturated carbocycles. The number of fused-ring (bicyclic) bond motifs is 1. The first-order valence-corrected chi connectivity index (χ1v) is 12.6. The van der Waals surface area contributed by atoms with Crippen LogP contribution in [0.5, 0.6) is 5.88 Å². The van der Waals surface area contributed by atoms with Crippen molar-refractivity contribution in [1.29, 1.82) is 0 Å². The zero-order chi connectivity index (χ0) is 24.7. The molecule has 35 heavy (non-hydrogen) atoms. The molecule has 2 aromatic carbocycles. The third-order valence-corrected chi connectivity index (χ3v) is 8.02. The number of nitrogens with zero attached hydrogens (tertiary/aromatic N) is 1. The third kappa shape index (κ3) is 4.35. The van der Waals surface area contributed by atoms with Crippen LogP contribution in [0.25, 0.3) is 20.9 Å². The Morgan fingerprint density at radius 2 is 1.80 bits per heavy atom. The Morgan fingerprint density at radius 1 is 1.03 bits per heavy atom. The molecular formula is C24H17F2N3O4S2. The Balaban J connectivity index is 1.47. The van der Waals surface area contributed by atoms with E-state index in [9.17, 15) is 22.0 Å². The summed E-state index contributed by atoms with van der Waals surface area (Å²) in [7, 11) is -3.05. The smallest absolute Gasteiger partial charge is 0.264 e. The molecule has 0 radical (unpaired) electrons. The molecular weight excluding hydrogens is 496 g/mol. The molecule has 0 spiro atoms. The van der Waals surface area contributed by atoms with Gasteiger partial charge >= 0.3 is 0 Å². The van der Waals surface area contributed by atoms with Crippen molar-refractivity contribution in [3.8, 4) is 26.8 Å². The van der Waals surface area contributed by atoms with Crippen molar-refractivity contribution in [2.45, 2.75) is 11.4 Å². The monoisotopic (exact) mass is 513 g/mol. The van der Waals surface area contributed by atoms with Crippen LogP contribution in [-0.2, 0) is 16.6 Å². The van der Waals surface area contributed by atoms with Gasteiger partial charge in [0.2, 0.25) is 5.88 Å². The largest absolute Gasteiger partial charge is 0.480 e. The summed E-state index contributed by atoms with van der Waals surface area (Å²) in [6.07, 6.45) is 1.54. The molecule has 0 bridgehead atoms. The van der Waals surface area contributed by atoms with E-state index >= 15 is 0 Å². The molecule has 1 amide bonds. The second-order valence-corrected chi connectivity index (χ2v) is 10.4. The molecule has 1 aliphatic rings. The Hall–Kier alpha value is -3.83. The Kier molecular flexibility index (Phi) is 5.73. The lowest BCUT2D eigenvalue weighted by Gasteiger charge is -2.12. The second kappa shape index (κ2) is 8.75. The fraction of sp³-hybridized carbons (Fsp3) is 0.0833. The first-order chi connectivity index (χ1) is 16.7. The lowest BCUT2D eigenvalue weighted by Crippen LogP contribution is -2.15. The predicted octanol–water partition coefficient (Wildman–Crippen LogP) is 4.81. The minimum absolute atomic E-state index is 0.00536. The molecule has 0 unspecified atom stereocenters. The van der Waals surface area contributed by atoms with Crippen molar-refractivity contribution in [2.75, 3.05) is 11.8 Å². The number of benzene rings is 2. The van der Waals surface area contributed by atoms with Crippen LogP contribution >= 0.6 is 11.3 Å². The number of ether oxygens (including phenoxy) is 1. The van der Waals surface area contributed by atoms with Crippen molar-refractivity contribution in [1.82, 2.24) is 10.3 Å². The summed E-state index contributed by atoms with van der Waals surface area (Å²) >= 11 is 1.46. The maximum Gasteiger partial charge on any atom is 0.264 e. The maximum absolute atomic E-state index is 14.1. The number of anilines is 1. The molecule has 0 aliphatic carbocycles. The molecule has 7 nitrogen and oxygen atoms in total. The topological polar surface area (TPSA) is 97.4 Å². The Labute approximate surface area is 203 Å². The lowest BCUT2D eigenvalue weighted by molar-refractivity contribution is 0.0965. The quantitative estimate of drug-likeness (QED) is 0.386. The van der Waals surface area contributed by atoms with E-state index in [4.69, 9.17) is 4.74 Å². The normalized spacial score (nSPS) is 12.8. The van der Waals surface area contributed by atoms with Gasteiger partial charge in [0.05, 0.1) is 7.11 Å². The number of sulfonamides is 1. The molecule has 178 valence electrons. The van der Waals surface area contributed by atoms with Crippen LogP contribution in [0.1, 0.15) is 15.9 Å². The van der Waals surface area contributed by atoms with Crippen molar-refractivity contribution in [3.63, 3.8) is 0 Å². The molecule has 11 heteroatoms. The summed E-state index contributed by atoms with van der Waals surface area (Å²) in [6, 6.07) is 13.2. The molecule has 0 atom stereocenters. The Bertz CT molecular complexity index is 1590. The zero-order valence-corrected chi connectivity index (χ0v) is 19.8. The summed E-state index contributed by atoms with van der Waals surface area (Å²) in [6.45, 7) is 0.487. The van der Waals surface area contributed by atoms with E-state index in [0.29, 0.717) is 23.7 Å². The fourth-order valence-corrected chi connectivity index (χ4v) is 5.84. The summed E-state index contributed by atoms with van der Waals surface area (Å²) in [5, 5.41) is 2.79. The summed E-state index contributed by atoms with van der Waals surface area (Å²) < 4.78 is 60.3. The van der Waals surface area contributed by atoms with Gasteiger partial charge in [0.1, 0.15) is 22.2 Å². The third-order valence-electron chi connectivity index (χ3n) is 5.44. The SMILES string of the molecule is COc1ncc(-c2ccc(-c3ccc4c(c3)CNC4=O)s2)cc1NS(=O)(=O)c1ccc(F)cc1F. The average molecular weight is 514 g/mol. The van der Waals surface area contributed by atoms with Crippen LogP contribution in [0.4, 0.5) is 14.5 Å². The summed E-state index contributed by atoms with van der Waals surface area (Å²) in [5.74, 6) is -2.19. The van der Waals surface area contributed by atoms with Gasteiger partial charge in [-0.2, -0.15) is 0 Å². The number of carbonyl (C=O) groups is 1. The van der Waals surface area contributed by atoms with Gasteiger partial charge in [-0.05, 0) is 53.6 Å². The highest BCUT2D eigenvalue weighted by Crippen LogP contribution is 2.38. The van der Waals surface area contributed by atoms with Crippen LogP contribution in [0.3, 0.4) is 0 Å². The van der Waals surface area contributed by atoms with Crippen LogP contribution in [0.2, 0.25) is 0 Å². The van der Waals surface area contributed by atoms with E-state index in [-0.39, 0.29) is 17.5 Å². The average Bonchev–Trinajstić information content (AvgIpc) is 3.46. The number of hydrogen-bond acceptors (Lipinski definition) is 6. The van der Waals surface area contributed by atoms with E-state index in [2.05, 4.69) is 15.0 Å². The zero-order valence-electron chi connectivity index (χ0n) is 18.1. The van der Waals surface area contributed by atoms with E-state index in [1.54, 1.807) is 6.07 Å². The Morgan fingerprint density at radius 3 is 2.54 bits per heavy atom. The number of nitrogens with one attached hydrogen (secondary N) is 2. The predicted molar refractivity (Wildman–Crippen MR) is 128 cm³/mol. The number of methoxy groups -OCH3 is 1. The van der Waals surface area contributed by atoms with E-state index in [1.807, 2.05) is 24.3 Å². The number of thiophene rings is 1. The molecule has 1 aliphatic heterocycles. The van der Waals surface area contributed by atoms with Gasteiger partial charge < -0.3 is 10.1 Å². The number of carbonyl (C=O) groups excluding carboxylic acids is 1. The number of hydrogen-bond donors (Lipinski definition) is 2. The van der Waals surface area contributed by atoms with E-state index < -0.39 is 26.6 Å². The van der Waals surface area contributed by atoms with Crippen molar-refractivity contribution >= 4 is 33.0 Å². The molecule has 3 heterocycles. The number of amides is 1. The van der Waals surface area contributed by atoms with Crippen LogP contribution < -0.4 is 14.8 Å². The number of pyridine rings is 1. The van der Waals surface area contributed by atoms with Gasteiger partial charge in [-0.25, -0.2) is 22.2 Å². The standard InChI is InChI=1S/C24H17F2N3O4S2/c1-33-24-19(29-35(31,32)22-7-3-16(25)10-18(22)26)9-15(12-28-24)21-6-5-20(34-21)13-2-4-17-14(8-13)11-27-23(17)30/h2-10,12,29H,11H2,1H3,(H,27,30). The van der Waals surface area contributed by atoms with Gasteiger partial charge in [-0.1, -0.05) is 6.07 Å². The van der Waals surface area contributed by atoms with Crippen molar-refractivity contribution in [2.24, 2.45) is 0 Å². The number of rotatable bonds is 6. The van der Waals surface area contributed by atoms with Crippen molar-refractivity contribution in [3.05, 3.63) is 83.6 Å². The molecule has 0 fully saturated rings. The van der Waals surface area contributed by atoms with Gasteiger partial charge in [0.15, 0.2) is 0 Å². The van der Waals surface area contributed by atoms with Crippen LogP contribution in [-0.4, -0.2) is 26.4 Å². The highest BCUT2D eigenvalue weighted by molar-refractivity contribution is 7.92. The van der Waals surface area contributed by atoms with Gasteiger partial charge in [-0.3, -0.25) is 9.52 Å². The molecule has 2 N–H and O–H groups in total. The fourth-order valence-electron chi connectivity index (χ4n) is 3.75. The number of halogens is 2. The van der Waals surface area contributed by atoms with Crippen LogP contribution in [0.15, 0.2) is 65.7 Å². The van der Waals surface area contributed by atoms with E-state index in [0.717, 1.165) is 33.0 Å². The van der Waals surface area contributed by atoms with Crippen molar-refractivity contribution < 1.29 is 26.7 Å².